The third kappa shape index (κ3) is 4.43. The molecule has 3 rings (SSSR count). The van der Waals surface area contributed by atoms with Crippen molar-refractivity contribution < 1.29 is 4.79 Å². The van der Waals surface area contributed by atoms with Crippen molar-refractivity contribution in [3.8, 4) is 6.07 Å². The van der Waals surface area contributed by atoms with E-state index in [0.717, 1.165) is 30.0 Å². The van der Waals surface area contributed by atoms with Crippen molar-refractivity contribution in [3.63, 3.8) is 0 Å². The van der Waals surface area contributed by atoms with Crippen molar-refractivity contribution >= 4 is 17.2 Å². The Balaban J connectivity index is 1.57. The van der Waals surface area contributed by atoms with E-state index in [1.807, 2.05) is 26.0 Å². The molecule has 0 aliphatic carbocycles. The van der Waals surface area contributed by atoms with Crippen molar-refractivity contribution in [3.05, 3.63) is 58.5 Å². The minimum Gasteiger partial charge on any atom is -0.370 e. The van der Waals surface area contributed by atoms with Crippen LogP contribution in [-0.4, -0.2) is 40.1 Å². The maximum absolute atomic E-state index is 12.4. The van der Waals surface area contributed by atoms with Crippen LogP contribution in [0.5, 0.6) is 0 Å². The summed E-state index contributed by atoms with van der Waals surface area (Å²) in [5, 5.41) is 16.5. The predicted molar refractivity (Wildman–Crippen MR) is 118 cm³/mol. The molecule has 0 aliphatic rings. The van der Waals surface area contributed by atoms with Gasteiger partial charge < -0.3 is 10.2 Å². The summed E-state index contributed by atoms with van der Waals surface area (Å²) in [6, 6.07) is 10.4. The number of carbonyl (C=O) groups excluding carboxylic acids is 1. The predicted octanol–water partition coefficient (Wildman–Crippen LogP) is 3.10. The Morgan fingerprint density at radius 2 is 2.03 bits per heavy atom. The maximum atomic E-state index is 12.4. The Bertz CT molecular complexity index is 1100. The standard InChI is InChI=1S/C23H28N6O/c1-5-28(21-9-7-6-8-16(21)2)13-12-25-22(30)11-10-20-17(3)27-23-19(14-24)15-26-29(23)18(20)4/h6-9,15H,5,10-13H2,1-4H3,(H,25,30). The summed E-state index contributed by atoms with van der Waals surface area (Å²) in [6.45, 7) is 10.3. The fraction of sp³-hybridized carbons (Fsp3) is 0.391. The van der Waals surface area contributed by atoms with Crippen LogP contribution in [0.15, 0.2) is 30.5 Å². The molecule has 0 aliphatic heterocycles. The average Bonchev–Trinajstić information content (AvgIpc) is 3.14. The summed E-state index contributed by atoms with van der Waals surface area (Å²) in [6.07, 6.45) is 2.50. The number of likely N-dealkylation sites (N-methyl/N-ethyl adjacent to an activating group) is 1. The molecule has 0 saturated heterocycles. The topological polar surface area (TPSA) is 86.3 Å². The van der Waals surface area contributed by atoms with Gasteiger partial charge in [0.15, 0.2) is 5.65 Å². The fourth-order valence-corrected chi connectivity index (χ4v) is 3.78. The number of rotatable bonds is 8. The lowest BCUT2D eigenvalue weighted by Gasteiger charge is -2.25. The van der Waals surface area contributed by atoms with Gasteiger partial charge >= 0.3 is 0 Å². The monoisotopic (exact) mass is 404 g/mol. The first-order chi connectivity index (χ1) is 14.5. The van der Waals surface area contributed by atoms with E-state index in [0.29, 0.717) is 30.6 Å². The van der Waals surface area contributed by atoms with Crippen LogP contribution >= 0.6 is 0 Å². The maximum Gasteiger partial charge on any atom is 0.220 e. The van der Waals surface area contributed by atoms with Gasteiger partial charge in [-0.1, -0.05) is 18.2 Å². The van der Waals surface area contributed by atoms with Gasteiger partial charge in [-0.25, -0.2) is 9.50 Å². The van der Waals surface area contributed by atoms with Crippen LogP contribution in [0.4, 0.5) is 5.69 Å². The summed E-state index contributed by atoms with van der Waals surface area (Å²) in [5.74, 6) is 0.0212. The molecule has 156 valence electrons. The number of para-hydroxylation sites is 1. The molecule has 0 saturated carbocycles. The number of hydrogen-bond donors (Lipinski definition) is 1. The number of nitrogens with one attached hydrogen (secondary N) is 1. The fourth-order valence-electron chi connectivity index (χ4n) is 3.78. The largest absolute Gasteiger partial charge is 0.370 e. The number of fused-ring (bicyclic) bond motifs is 1. The van der Waals surface area contributed by atoms with Gasteiger partial charge in [-0.2, -0.15) is 10.4 Å². The molecule has 1 N–H and O–H groups in total. The van der Waals surface area contributed by atoms with E-state index in [1.54, 1.807) is 4.52 Å². The van der Waals surface area contributed by atoms with E-state index >= 15 is 0 Å². The van der Waals surface area contributed by atoms with Crippen molar-refractivity contribution in [2.24, 2.45) is 0 Å². The average molecular weight is 405 g/mol. The second kappa shape index (κ2) is 9.40. The highest BCUT2D eigenvalue weighted by atomic mass is 16.1. The SMILES string of the molecule is CCN(CCNC(=O)CCc1c(C)nc2c(C#N)cnn2c1C)c1ccccc1C. The minimum atomic E-state index is 0.0212. The van der Waals surface area contributed by atoms with Crippen molar-refractivity contribution in [2.45, 2.75) is 40.5 Å². The zero-order valence-corrected chi connectivity index (χ0v) is 18.1. The van der Waals surface area contributed by atoms with Gasteiger partial charge in [0.05, 0.1) is 6.20 Å². The van der Waals surface area contributed by atoms with Crippen molar-refractivity contribution in [1.82, 2.24) is 19.9 Å². The molecular formula is C23H28N6O. The molecule has 1 amide bonds. The summed E-state index contributed by atoms with van der Waals surface area (Å²) < 4.78 is 1.68. The van der Waals surface area contributed by atoms with E-state index in [1.165, 1.54) is 17.4 Å². The first-order valence-corrected chi connectivity index (χ1v) is 10.3. The molecule has 0 radical (unpaired) electrons. The summed E-state index contributed by atoms with van der Waals surface area (Å²) in [4.78, 5) is 19.2. The van der Waals surface area contributed by atoms with E-state index in [4.69, 9.17) is 0 Å². The second-order valence-corrected chi connectivity index (χ2v) is 7.38. The molecule has 0 fully saturated rings. The minimum absolute atomic E-state index is 0.0212. The quantitative estimate of drug-likeness (QED) is 0.623. The highest BCUT2D eigenvalue weighted by Gasteiger charge is 2.15. The zero-order valence-electron chi connectivity index (χ0n) is 18.1. The molecule has 1 aromatic carbocycles. The second-order valence-electron chi connectivity index (χ2n) is 7.38. The van der Waals surface area contributed by atoms with Gasteiger partial charge in [0.1, 0.15) is 11.6 Å². The number of nitriles is 1. The molecule has 30 heavy (non-hydrogen) atoms. The number of nitrogens with zero attached hydrogens (tertiary/aromatic N) is 5. The molecule has 2 aromatic heterocycles. The number of aryl methyl sites for hydroxylation is 3. The van der Waals surface area contributed by atoms with Crippen LogP contribution in [0, 0.1) is 32.1 Å². The van der Waals surface area contributed by atoms with Gasteiger partial charge in [-0.15, -0.1) is 0 Å². The van der Waals surface area contributed by atoms with Gasteiger partial charge in [-0.05, 0) is 51.3 Å². The summed E-state index contributed by atoms with van der Waals surface area (Å²) >= 11 is 0. The molecule has 0 spiro atoms. The first-order valence-electron chi connectivity index (χ1n) is 10.3. The summed E-state index contributed by atoms with van der Waals surface area (Å²) in [5.41, 5.74) is 6.22. The lowest BCUT2D eigenvalue weighted by Crippen LogP contribution is -2.35. The Morgan fingerprint density at radius 3 is 2.73 bits per heavy atom. The third-order valence-electron chi connectivity index (χ3n) is 5.47. The number of carbonyl (C=O) groups is 1. The lowest BCUT2D eigenvalue weighted by atomic mass is 10.1. The Hall–Kier alpha value is -3.40. The highest BCUT2D eigenvalue weighted by Crippen LogP contribution is 2.19. The van der Waals surface area contributed by atoms with Crippen LogP contribution in [0.2, 0.25) is 0 Å². The van der Waals surface area contributed by atoms with E-state index in [9.17, 15) is 10.1 Å². The molecule has 7 heteroatoms. The van der Waals surface area contributed by atoms with Crippen LogP contribution in [-0.2, 0) is 11.2 Å². The number of benzene rings is 1. The highest BCUT2D eigenvalue weighted by molar-refractivity contribution is 5.76. The van der Waals surface area contributed by atoms with Gasteiger partial charge in [0.2, 0.25) is 5.91 Å². The smallest absolute Gasteiger partial charge is 0.220 e. The number of anilines is 1. The Morgan fingerprint density at radius 1 is 1.27 bits per heavy atom. The van der Waals surface area contributed by atoms with E-state index in [-0.39, 0.29) is 5.91 Å². The van der Waals surface area contributed by atoms with Crippen LogP contribution < -0.4 is 10.2 Å². The third-order valence-corrected chi connectivity index (χ3v) is 5.47. The molecule has 0 unspecified atom stereocenters. The number of amides is 1. The molecule has 3 aromatic rings. The lowest BCUT2D eigenvalue weighted by molar-refractivity contribution is -0.121. The molecule has 0 bridgehead atoms. The zero-order chi connectivity index (χ0) is 21.7. The number of hydrogen-bond acceptors (Lipinski definition) is 5. The van der Waals surface area contributed by atoms with Crippen LogP contribution in [0.3, 0.4) is 0 Å². The summed E-state index contributed by atoms with van der Waals surface area (Å²) in [7, 11) is 0. The normalized spacial score (nSPS) is 10.8. The van der Waals surface area contributed by atoms with Crippen molar-refractivity contribution in [2.75, 3.05) is 24.5 Å². The Labute approximate surface area is 177 Å². The number of aromatic nitrogens is 3. The Kier molecular flexibility index (Phi) is 6.68. The van der Waals surface area contributed by atoms with Gasteiger partial charge in [-0.3, -0.25) is 4.79 Å². The van der Waals surface area contributed by atoms with Gasteiger partial charge in [0.25, 0.3) is 0 Å². The first kappa shape index (κ1) is 21.3. The van der Waals surface area contributed by atoms with E-state index < -0.39 is 0 Å². The molecule has 0 atom stereocenters. The van der Waals surface area contributed by atoms with Crippen LogP contribution in [0.25, 0.3) is 5.65 Å². The molecular weight excluding hydrogens is 376 g/mol. The van der Waals surface area contributed by atoms with Gasteiger partial charge in [0, 0.05) is 43.1 Å². The van der Waals surface area contributed by atoms with Crippen LogP contribution in [0.1, 0.15) is 41.4 Å². The molecule has 2 heterocycles. The van der Waals surface area contributed by atoms with E-state index in [2.05, 4.69) is 52.3 Å². The molecule has 7 nitrogen and oxygen atoms in total. The van der Waals surface area contributed by atoms with Crippen molar-refractivity contribution in [1.29, 1.82) is 5.26 Å².